The first-order valence-corrected chi connectivity index (χ1v) is 12.8. The molecule has 2 aliphatic rings. The number of benzene rings is 1. The number of likely N-dealkylation sites (tertiary alicyclic amines) is 1. The molecule has 0 spiro atoms. The molecular formula is C22H27F3N4O5S. The molecule has 0 bridgehead atoms. The molecule has 4 rings (SSSR count). The summed E-state index contributed by atoms with van der Waals surface area (Å²) in [4.78, 5) is 21.0. The number of nitrogens with zero attached hydrogens (tertiary/aromatic N) is 4. The van der Waals surface area contributed by atoms with Crippen molar-refractivity contribution >= 4 is 16.8 Å². The van der Waals surface area contributed by atoms with E-state index in [1.165, 1.54) is 12.1 Å². The van der Waals surface area contributed by atoms with Crippen molar-refractivity contribution in [1.82, 2.24) is 19.9 Å². The number of halogens is 3. The number of hydrogen-bond donors (Lipinski definition) is 0. The normalized spacial score (nSPS) is 21.9. The first-order chi connectivity index (χ1) is 16.6. The predicted molar refractivity (Wildman–Crippen MR) is 120 cm³/mol. The van der Waals surface area contributed by atoms with Crippen molar-refractivity contribution in [2.75, 3.05) is 37.7 Å². The van der Waals surface area contributed by atoms with Crippen LogP contribution in [0, 0.1) is 0 Å². The fourth-order valence-corrected chi connectivity index (χ4v) is 5.34. The predicted octanol–water partition coefficient (Wildman–Crippen LogP) is 3.51. The van der Waals surface area contributed by atoms with Gasteiger partial charge in [-0.05, 0) is 43.1 Å². The maximum atomic E-state index is 13.3. The van der Waals surface area contributed by atoms with E-state index >= 15 is 0 Å². The zero-order valence-corrected chi connectivity index (χ0v) is 20.2. The summed E-state index contributed by atoms with van der Waals surface area (Å²) in [6, 6.07) is 5.61. The lowest BCUT2D eigenvalue weighted by molar-refractivity contribution is -0.274. The summed E-state index contributed by atoms with van der Waals surface area (Å²) in [5.74, 6) is 0.423. The SMILES string of the molecule is CC(C)Oc1noc(C2CC(c3ccc(OC(F)(F)F)cc3)CN(C(=O)N3CCS(=O)CC3)C2)n1. The van der Waals surface area contributed by atoms with Crippen LogP contribution in [0.15, 0.2) is 28.8 Å². The third-order valence-electron chi connectivity index (χ3n) is 5.87. The molecule has 9 nitrogen and oxygen atoms in total. The quantitative estimate of drug-likeness (QED) is 0.600. The van der Waals surface area contributed by atoms with Crippen molar-refractivity contribution in [3.8, 4) is 11.8 Å². The molecule has 3 heterocycles. The standard InChI is InChI=1S/C22H27F3N4O5S/c1-14(2)32-20-26-19(34-27-20)17-11-16(15-3-5-18(6-4-15)33-22(23,24)25)12-29(13-17)21(30)28-7-9-35(31)10-8-28/h3-6,14,16-17H,7-13H2,1-2H3. The molecule has 0 saturated carbocycles. The van der Waals surface area contributed by atoms with E-state index in [1.54, 1.807) is 21.9 Å². The van der Waals surface area contributed by atoms with E-state index in [1.807, 2.05) is 13.8 Å². The summed E-state index contributed by atoms with van der Waals surface area (Å²) >= 11 is 0. The average Bonchev–Trinajstić information content (AvgIpc) is 3.26. The second-order valence-corrected chi connectivity index (χ2v) is 10.5. The van der Waals surface area contributed by atoms with Crippen molar-refractivity contribution in [1.29, 1.82) is 0 Å². The Labute approximate surface area is 203 Å². The Morgan fingerprint density at radius 1 is 1.11 bits per heavy atom. The fraction of sp³-hybridized carbons (Fsp3) is 0.591. The average molecular weight is 517 g/mol. The van der Waals surface area contributed by atoms with Gasteiger partial charge in [-0.15, -0.1) is 13.2 Å². The van der Waals surface area contributed by atoms with Crippen LogP contribution in [0.4, 0.5) is 18.0 Å². The Kier molecular flexibility index (Phi) is 7.53. The van der Waals surface area contributed by atoms with Gasteiger partial charge in [-0.3, -0.25) is 4.21 Å². The number of alkyl halides is 3. The minimum absolute atomic E-state index is 0.113. The number of urea groups is 1. The Morgan fingerprint density at radius 2 is 1.77 bits per heavy atom. The lowest BCUT2D eigenvalue weighted by Gasteiger charge is -2.40. The minimum Gasteiger partial charge on any atom is -0.459 e. The van der Waals surface area contributed by atoms with Crippen LogP contribution in [-0.2, 0) is 10.8 Å². The second-order valence-electron chi connectivity index (χ2n) is 8.85. The van der Waals surface area contributed by atoms with Gasteiger partial charge in [0.1, 0.15) is 5.75 Å². The van der Waals surface area contributed by atoms with Gasteiger partial charge in [0, 0.05) is 54.4 Å². The van der Waals surface area contributed by atoms with Gasteiger partial charge in [0.2, 0.25) is 5.89 Å². The fourth-order valence-electron chi connectivity index (χ4n) is 4.29. The van der Waals surface area contributed by atoms with Gasteiger partial charge < -0.3 is 23.8 Å². The molecule has 0 N–H and O–H groups in total. The first-order valence-electron chi connectivity index (χ1n) is 11.3. The summed E-state index contributed by atoms with van der Waals surface area (Å²) in [6.45, 7) is 5.21. The highest BCUT2D eigenvalue weighted by Gasteiger charge is 2.37. The first kappa shape index (κ1) is 25.3. The smallest absolute Gasteiger partial charge is 0.459 e. The summed E-state index contributed by atoms with van der Waals surface area (Å²) < 4.78 is 64.2. The molecule has 1 aromatic heterocycles. The molecule has 2 amide bonds. The summed E-state index contributed by atoms with van der Waals surface area (Å²) in [5, 5.41) is 3.86. The van der Waals surface area contributed by atoms with Crippen molar-refractivity contribution < 1.29 is 36.2 Å². The van der Waals surface area contributed by atoms with Gasteiger partial charge in [-0.2, -0.15) is 4.98 Å². The van der Waals surface area contributed by atoms with E-state index in [2.05, 4.69) is 14.9 Å². The largest absolute Gasteiger partial charge is 0.573 e. The van der Waals surface area contributed by atoms with Crippen molar-refractivity contribution in [3.63, 3.8) is 0 Å². The minimum atomic E-state index is -4.77. The summed E-state index contributed by atoms with van der Waals surface area (Å²) in [5.41, 5.74) is 0.764. The van der Waals surface area contributed by atoms with Crippen molar-refractivity contribution in [2.45, 2.75) is 44.6 Å². The second kappa shape index (κ2) is 10.4. The molecule has 0 aliphatic carbocycles. The van der Waals surface area contributed by atoms with Crippen LogP contribution < -0.4 is 9.47 Å². The highest BCUT2D eigenvalue weighted by Crippen LogP contribution is 2.37. The van der Waals surface area contributed by atoms with Crippen LogP contribution in [0.25, 0.3) is 0 Å². The zero-order valence-electron chi connectivity index (χ0n) is 19.4. The van der Waals surface area contributed by atoms with Gasteiger partial charge in [-0.1, -0.05) is 12.1 Å². The number of aromatic nitrogens is 2. The Hall–Kier alpha value is -2.83. The van der Waals surface area contributed by atoms with Crippen LogP contribution >= 0.6 is 0 Å². The number of amides is 2. The molecule has 2 aliphatic heterocycles. The molecule has 2 saturated heterocycles. The highest BCUT2D eigenvalue weighted by molar-refractivity contribution is 7.85. The molecule has 192 valence electrons. The molecule has 2 atom stereocenters. The van der Waals surface area contributed by atoms with Gasteiger partial charge in [0.05, 0.1) is 12.0 Å². The molecule has 2 unspecified atom stereocenters. The molecule has 0 radical (unpaired) electrons. The van der Waals surface area contributed by atoms with Crippen LogP contribution in [0.5, 0.6) is 11.8 Å². The van der Waals surface area contributed by atoms with Crippen molar-refractivity contribution in [2.24, 2.45) is 0 Å². The maximum absolute atomic E-state index is 13.3. The molecular weight excluding hydrogens is 489 g/mol. The summed E-state index contributed by atoms with van der Waals surface area (Å²) in [6.07, 6.45) is -4.36. The van der Waals surface area contributed by atoms with Gasteiger partial charge in [0.25, 0.3) is 0 Å². The van der Waals surface area contributed by atoms with Crippen LogP contribution in [0.3, 0.4) is 0 Å². The molecule has 13 heteroatoms. The van der Waals surface area contributed by atoms with Gasteiger partial charge in [0.15, 0.2) is 0 Å². The number of rotatable bonds is 5. The Bertz CT molecular complexity index is 1040. The molecule has 1 aromatic carbocycles. The van der Waals surface area contributed by atoms with Crippen LogP contribution in [-0.4, -0.2) is 80.3 Å². The summed E-state index contributed by atoms with van der Waals surface area (Å²) in [7, 11) is -0.919. The molecule has 2 aromatic rings. The Morgan fingerprint density at radius 3 is 2.40 bits per heavy atom. The van der Waals surface area contributed by atoms with E-state index in [0.29, 0.717) is 50.0 Å². The van der Waals surface area contributed by atoms with Crippen molar-refractivity contribution in [3.05, 3.63) is 35.7 Å². The van der Waals surface area contributed by atoms with E-state index in [4.69, 9.17) is 9.26 Å². The lowest BCUT2D eigenvalue weighted by atomic mass is 9.84. The number of carbonyl (C=O) groups excluding carboxylic acids is 1. The number of ether oxygens (including phenoxy) is 2. The zero-order chi connectivity index (χ0) is 25.2. The van der Waals surface area contributed by atoms with E-state index < -0.39 is 17.2 Å². The maximum Gasteiger partial charge on any atom is 0.573 e. The van der Waals surface area contributed by atoms with Crippen LogP contribution in [0.1, 0.15) is 43.6 Å². The van der Waals surface area contributed by atoms with E-state index in [-0.39, 0.29) is 35.7 Å². The van der Waals surface area contributed by atoms with Gasteiger partial charge >= 0.3 is 18.4 Å². The lowest BCUT2D eigenvalue weighted by Crippen LogP contribution is -2.52. The third kappa shape index (κ3) is 6.65. The van der Waals surface area contributed by atoms with E-state index in [0.717, 1.165) is 5.56 Å². The number of carbonyl (C=O) groups is 1. The number of piperidine rings is 1. The Balaban J connectivity index is 1.55. The van der Waals surface area contributed by atoms with Crippen LogP contribution in [0.2, 0.25) is 0 Å². The molecule has 2 fully saturated rings. The van der Waals surface area contributed by atoms with Gasteiger partial charge in [-0.25, -0.2) is 4.79 Å². The molecule has 35 heavy (non-hydrogen) atoms. The third-order valence-corrected chi connectivity index (χ3v) is 7.14. The number of hydrogen-bond acceptors (Lipinski definition) is 7. The highest BCUT2D eigenvalue weighted by atomic mass is 32.2. The topological polar surface area (TPSA) is 98.0 Å². The monoisotopic (exact) mass is 516 g/mol. The van der Waals surface area contributed by atoms with E-state index in [9.17, 15) is 22.2 Å².